The molecule has 5 aromatic carbocycles. The molecule has 4 aliphatic rings. The first-order chi connectivity index (χ1) is 42.0. The van der Waals surface area contributed by atoms with Crippen LogP contribution in [0, 0.1) is 23.3 Å². The number of rotatable bonds is 26. The molecule has 2 amide bonds. The number of amides is 2. The number of hydrogen-bond acceptors (Lipinski definition) is 15. The van der Waals surface area contributed by atoms with Gasteiger partial charge in [0, 0.05) is 82.9 Å². The summed E-state index contributed by atoms with van der Waals surface area (Å²) in [6, 6.07) is 32.8. The van der Waals surface area contributed by atoms with E-state index >= 15 is 0 Å². The minimum Gasteiger partial charge on any atom is -0.420 e. The van der Waals surface area contributed by atoms with Gasteiger partial charge in [-0.2, -0.15) is 8.78 Å². The van der Waals surface area contributed by atoms with Crippen molar-refractivity contribution >= 4 is 99.8 Å². The number of aromatic nitrogens is 2. The Balaban J connectivity index is 0.974. The van der Waals surface area contributed by atoms with Gasteiger partial charge in [0.1, 0.15) is 29.2 Å². The molecule has 26 heteroatoms. The number of amidine groups is 4. The van der Waals surface area contributed by atoms with Crippen LogP contribution in [0.15, 0.2) is 133 Å². The fourth-order valence-corrected chi connectivity index (χ4v) is 23.6. The smallest absolute Gasteiger partial charge is 0.420 e. The van der Waals surface area contributed by atoms with Crippen molar-refractivity contribution < 1.29 is 59.1 Å². The van der Waals surface area contributed by atoms with Gasteiger partial charge in [0.15, 0.2) is 51.6 Å². The summed E-state index contributed by atoms with van der Waals surface area (Å²) in [6.07, 6.45) is 0.970. The summed E-state index contributed by atoms with van der Waals surface area (Å²) in [5.41, 5.74) is 4.14. The number of esters is 1. The molecule has 2 aromatic heterocycles. The maximum Gasteiger partial charge on any atom is 0.582 e. The fourth-order valence-electron chi connectivity index (χ4n) is 11.0. The van der Waals surface area contributed by atoms with E-state index in [1.54, 1.807) is 7.11 Å². The number of nitrogens with zero attached hydrogens (tertiary/aromatic N) is 8. The highest BCUT2D eigenvalue weighted by atomic mass is 28.5. The van der Waals surface area contributed by atoms with Crippen molar-refractivity contribution in [2.24, 2.45) is 30.0 Å². The van der Waals surface area contributed by atoms with E-state index in [0.717, 1.165) is 43.8 Å². The van der Waals surface area contributed by atoms with Crippen molar-refractivity contribution in [3.05, 3.63) is 160 Å². The lowest BCUT2D eigenvalue weighted by Crippen LogP contribution is -2.70. The van der Waals surface area contributed by atoms with Crippen molar-refractivity contribution in [1.29, 1.82) is 0 Å². The molecule has 6 heterocycles. The maximum atomic E-state index is 14.2. The average Bonchev–Trinajstić information content (AvgIpc) is 1.56. The molecule has 87 heavy (non-hydrogen) atoms. The predicted octanol–water partition coefficient (Wildman–Crippen LogP) is 9.23. The lowest BCUT2D eigenvalue weighted by molar-refractivity contribution is -0.135. The Labute approximate surface area is 501 Å². The molecule has 0 saturated heterocycles. The summed E-state index contributed by atoms with van der Waals surface area (Å²) in [7, 11) is -9.28. The van der Waals surface area contributed by atoms with E-state index < -0.39 is 60.5 Å². The molecule has 1 unspecified atom stereocenters. The standard InChI is InChI=1S/C61H64F4N10O9Si3/c1-79-30-31-80-32-33-81-37-49(77)67-29-17-35-86(4,5)84-87(83-85(2,3)34-16-28-66-48(76)26-14-15-27-50(78)82-53-51(64)46(62)36-47(63)52(53)65)74-58-42-22-10-11-23-43(42)60(74)72-56-40-20-8-9-21-41(40)57(69-56)73-61-45-25-13-12-24-44(45)59(75(61)87)71-55-39-19-7-6-18-38(39)54(68-55)70-58/h6-13,18-25,36H,14-17,26-35,37H2,1-5H3,(H,66,76)(H,67,77). The second-order valence-electron chi connectivity index (χ2n) is 22.4. The van der Waals surface area contributed by atoms with Crippen LogP contribution in [0.25, 0.3) is 21.5 Å². The summed E-state index contributed by atoms with van der Waals surface area (Å²) >= 11 is 0. The number of aliphatic imine (C=N–C) groups is 4. The van der Waals surface area contributed by atoms with Crippen molar-refractivity contribution in [2.45, 2.75) is 76.8 Å². The van der Waals surface area contributed by atoms with E-state index in [1.165, 1.54) is 0 Å². The molecule has 0 aliphatic carbocycles. The molecule has 1 atom stereocenters. The highest BCUT2D eigenvalue weighted by Gasteiger charge is 2.58. The zero-order valence-electron chi connectivity index (χ0n) is 48.7. The largest absolute Gasteiger partial charge is 0.582 e. The fraction of sp³-hybridized carbons (Fsp3) is 0.328. The molecule has 0 fully saturated rings. The first kappa shape index (κ1) is 60.7. The first-order valence-corrected chi connectivity index (χ1v) is 36.8. The zero-order chi connectivity index (χ0) is 61.0. The molecule has 6 bridgehead atoms. The molecule has 11 rings (SSSR count). The number of carbonyl (C=O) groups is 3. The zero-order valence-corrected chi connectivity index (χ0v) is 51.7. The Bertz CT molecular complexity index is 3940. The number of methoxy groups -OCH3 is 1. The first-order valence-electron chi connectivity index (χ1n) is 28.8. The minimum atomic E-state index is -4.63. The van der Waals surface area contributed by atoms with E-state index in [-0.39, 0.29) is 63.3 Å². The number of fused-ring (bicyclic) bond motifs is 14. The Morgan fingerprint density at radius 1 is 0.517 bits per heavy atom. The molecular weight excluding hydrogens is 1180 g/mol. The van der Waals surface area contributed by atoms with Crippen LogP contribution in [-0.4, -0.2) is 128 Å². The molecular formula is C61H64F4N10O9Si3. The third-order valence-corrected chi connectivity index (χ3v) is 26.7. The number of benzene rings is 5. The third-order valence-electron chi connectivity index (χ3n) is 15.1. The quantitative estimate of drug-likeness (QED) is 0.0132. The second kappa shape index (κ2) is 25.8. The molecule has 452 valence electrons. The maximum absolute atomic E-state index is 14.2. The van der Waals surface area contributed by atoms with Crippen LogP contribution >= 0.6 is 0 Å². The Kier molecular flexibility index (Phi) is 18.0. The Hall–Kier alpha value is -7.96. The van der Waals surface area contributed by atoms with Gasteiger partial charge in [0.25, 0.3) is 0 Å². The summed E-state index contributed by atoms with van der Waals surface area (Å²) in [5, 5.41) is 9.05. The van der Waals surface area contributed by atoms with Gasteiger partial charge in [-0.05, 0) is 64.0 Å². The lowest BCUT2D eigenvalue weighted by Gasteiger charge is -2.43. The second-order valence-corrected chi connectivity index (χ2v) is 34.1. The van der Waals surface area contributed by atoms with E-state index in [9.17, 15) is 31.9 Å². The number of carbonyl (C=O) groups excluding carboxylic acids is 3. The van der Waals surface area contributed by atoms with Crippen LogP contribution in [-0.2, 0) is 36.8 Å². The highest BCUT2D eigenvalue weighted by molar-refractivity contribution is 6.88. The topological polar surface area (TPSA) is 215 Å². The number of hydrogen-bond donors (Lipinski definition) is 2. The molecule has 7 aromatic rings. The number of nitrogens with one attached hydrogen (secondary N) is 2. The summed E-state index contributed by atoms with van der Waals surface area (Å²) in [4.78, 5) is 71.6. The molecule has 0 saturated carbocycles. The van der Waals surface area contributed by atoms with E-state index in [1.807, 2.05) is 97.1 Å². The highest BCUT2D eigenvalue weighted by Crippen LogP contribution is 2.45. The summed E-state index contributed by atoms with van der Waals surface area (Å²) in [6.45, 7) is 10.5. The molecule has 0 spiro atoms. The van der Waals surface area contributed by atoms with Gasteiger partial charge in [0.05, 0.1) is 26.4 Å². The van der Waals surface area contributed by atoms with Gasteiger partial charge in [0.2, 0.25) is 29.2 Å². The number of unbranched alkanes of at least 4 members (excludes halogenated alkanes) is 1. The van der Waals surface area contributed by atoms with Gasteiger partial charge in [-0.1, -0.05) is 97.1 Å². The van der Waals surface area contributed by atoms with Gasteiger partial charge < -0.3 is 37.8 Å². The van der Waals surface area contributed by atoms with Crippen LogP contribution in [0.5, 0.6) is 5.75 Å². The van der Waals surface area contributed by atoms with Crippen molar-refractivity contribution in [3.8, 4) is 5.75 Å². The molecule has 0 radical (unpaired) electrons. The van der Waals surface area contributed by atoms with Crippen LogP contribution in [0.4, 0.5) is 29.2 Å². The van der Waals surface area contributed by atoms with Crippen molar-refractivity contribution in [2.75, 3.05) is 53.2 Å². The Morgan fingerprint density at radius 2 is 0.954 bits per heavy atom. The van der Waals surface area contributed by atoms with Crippen LogP contribution in [0.1, 0.15) is 60.8 Å². The Morgan fingerprint density at radius 3 is 1.46 bits per heavy atom. The van der Waals surface area contributed by atoms with Crippen LogP contribution in [0.2, 0.25) is 38.3 Å². The van der Waals surface area contributed by atoms with E-state index in [4.69, 9.17) is 52.4 Å². The van der Waals surface area contributed by atoms with Crippen molar-refractivity contribution in [3.63, 3.8) is 0 Å². The number of halogens is 4. The van der Waals surface area contributed by atoms with Crippen LogP contribution < -0.4 is 26.3 Å². The molecule has 19 nitrogen and oxygen atoms in total. The SMILES string of the molecule is COCCOCCOCC(=O)NCCC[Si](C)(C)O[Si]1(O[Si](C)(C)CCCNC(=O)CCCCC(=O)Oc2c(F)c(F)cc(F)c2F)n2c3c4ccccc4c2N=C2N=C(N=c4c5ccccc5c(n41)=NC1=NC(=N3)c3ccccc31)c1ccccc12. The number of ether oxygens (including phenoxy) is 4. The average molecular weight is 1240 g/mol. The monoisotopic (exact) mass is 1240 g/mol. The van der Waals surface area contributed by atoms with Gasteiger partial charge in [-0.15, -0.1) is 0 Å². The minimum absolute atomic E-state index is 0.00981. The van der Waals surface area contributed by atoms with Crippen molar-refractivity contribution in [1.82, 2.24) is 19.1 Å². The van der Waals surface area contributed by atoms with Gasteiger partial charge in [-0.3, -0.25) is 22.8 Å². The van der Waals surface area contributed by atoms with E-state index in [0.29, 0.717) is 97.2 Å². The van der Waals surface area contributed by atoms with E-state index in [2.05, 4.69) is 50.0 Å². The summed E-state index contributed by atoms with van der Waals surface area (Å²) in [5.74, 6) is -7.43. The summed E-state index contributed by atoms with van der Waals surface area (Å²) < 4.78 is 97.3. The van der Waals surface area contributed by atoms with Crippen LogP contribution in [0.3, 0.4) is 0 Å². The predicted molar refractivity (Wildman–Crippen MR) is 327 cm³/mol. The van der Waals surface area contributed by atoms with Gasteiger partial charge in [-0.25, -0.2) is 38.7 Å². The molecule has 4 aliphatic heterocycles. The van der Waals surface area contributed by atoms with Gasteiger partial charge >= 0.3 is 14.9 Å². The third kappa shape index (κ3) is 12.8. The normalized spacial score (nSPS) is 15.6. The molecule has 2 N–H and O–H groups in total. The lowest BCUT2D eigenvalue weighted by atomic mass is 10.1.